The Bertz CT molecular complexity index is 734. The van der Waals surface area contributed by atoms with Gasteiger partial charge in [-0.2, -0.15) is 0 Å². The highest BCUT2D eigenvalue weighted by Crippen LogP contribution is 2.22. The molecule has 148 valence electrons. The summed E-state index contributed by atoms with van der Waals surface area (Å²) in [5.74, 6) is 0.892. The summed E-state index contributed by atoms with van der Waals surface area (Å²) in [6, 6.07) is 8.95. The van der Waals surface area contributed by atoms with Gasteiger partial charge in [-0.1, -0.05) is 15.9 Å². The van der Waals surface area contributed by atoms with Gasteiger partial charge < -0.3 is 15.5 Å². The number of aliphatic imine (C=N–C) groups is 1. The monoisotopic (exact) mass is 563 g/mol. The maximum atomic E-state index is 4.51. The van der Waals surface area contributed by atoms with Crippen LogP contribution < -0.4 is 15.5 Å². The van der Waals surface area contributed by atoms with Gasteiger partial charge in [0, 0.05) is 60.4 Å². The Hall–Kier alpha value is -0.870. The Balaban J connectivity index is 0.00000261. The molecule has 1 aliphatic rings. The van der Waals surface area contributed by atoms with Crippen molar-refractivity contribution in [3.8, 4) is 0 Å². The Morgan fingerprint density at radius 3 is 2.81 bits per heavy atom. The van der Waals surface area contributed by atoms with E-state index in [0.717, 1.165) is 55.0 Å². The van der Waals surface area contributed by atoms with Crippen LogP contribution in [0.4, 0.5) is 5.69 Å². The van der Waals surface area contributed by atoms with E-state index in [0.29, 0.717) is 6.04 Å². The number of guanidine groups is 1. The molecule has 2 aromatic rings. The zero-order valence-electron chi connectivity index (χ0n) is 15.7. The Morgan fingerprint density at radius 1 is 1.37 bits per heavy atom. The van der Waals surface area contributed by atoms with E-state index in [9.17, 15) is 0 Å². The lowest BCUT2D eigenvalue weighted by atomic mass is 10.2. The highest BCUT2D eigenvalue weighted by Gasteiger charge is 2.23. The molecule has 5 nitrogen and oxygen atoms in total. The predicted molar refractivity (Wildman–Crippen MR) is 130 cm³/mol. The predicted octanol–water partition coefficient (Wildman–Crippen LogP) is 4.21. The minimum absolute atomic E-state index is 0. The van der Waals surface area contributed by atoms with E-state index < -0.39 is 0 Å². The first-order valence-corrected chi connectivity index (χ1v) is 10.7. The third-order valence-electron chi connectivity index (χ3n) is 4.47. The van der Waals surface area contributed by atoms with Crippen molar-refractivity contribution in [1.82, 2.24) is 15.6 Å². The molecular formula is C19H27BrIN5S. The topological polar surface area (TPSA) is 52.6 Å². The molecule has 0 amide bonds. The summed E-state index contributed by atoms with van der Waals surface area (Å²) in [6.07, 6.45) is 3.20. The van der Waals surface area contributed by atoms with Crippen LogP contribution in [0.2, 0.25) is 0 Å². The number of aromatic nitrogens is 1. The second kappa shape index (κ2) is 11.2. The van der Waals surface area contributed by atoms with Crippen molar-refractivity contribution in [2.45, 2.75) is 32.2 Å². The van der Waals surface area contributed by atoms with Gasteiger partial charge >= 0.3 is 0 Å². The zero-order valence-corrected chi connectivity index (χ0v) is 20.5. The van der Waals surface area contributed by atoms with Crippen molar-refractivity contribution < 1.29 is 0 Å². The van der Waals surface area contributed by atoms with Crippen LogP contribution in [0.1, 0.15) is 23.5 Å². The molecule has 0 spiro atoms. The molecule has 0 aliphatic carbocycles. The SMILES string of the molecule is CN=C(NCCCc1nc(C)cs1)NC1CCN(c2ccc(Br)cc2)C1.I. The fourth-order valence-electron chi connectivity index (χ4n) is 3.12. The number of anilines is 1. The van der Waals surface area contributed by atoms with Crippen molar-refractivity contribution in [1.29, 1.82) is 0 Å². The molecule has 1 aromatic heterocycles. The van der Waals surface area contributed by atoms with Crippen LogP contribution in [-0.4, -0.2) is 43.7 Å². The molecule has 1 aromatic carbocycles. The number of halogens is 2. The third-order valence-corrected chi connectivity index (χ3v) is 6.03. The maximum absolute atomic E-state index is 4.51. The van der Waals surface area contributed by atoms with Crippen molar-refractivity contribution in [2.24, 2.45) is 4.99 Å². The van der Waals surface area contributed by atoms with E-state index in [2.05, 4.69) is 71.1 Å². The lowest BCUT2D eigenvalue weighted by Gasteiger charge is -2.20. The highest BCUT2D eigenvalue weighted by molar-refractivity contribution is 14.0. The van der Waals surface area contributed by atoms with Gasteiger partial charge in [0.15, 0.2) is 5.96 Å². The molecule has 27 heavy (non-hydrogen) atoms. The summed E-state index contributed by atoms with van der Waals surface area (Å²) in [6.45, 7) is 5.02. The summed E-state index contributed by atoms with van der Waals surface area (Å²) in [5.41, 5.74) is 2.39. The van der Waals surface area contributed by atoms with E-state index in [-0.39, 0.29) is 24.0 Å². The molecule has 0 saturated carbocycles. The lowest BCUT2D eigenvalue weighted by Crippen LogP contribution is -2.44. The lowest BCUT2D eigenvalue weighted by molar-refractivity contribution is 0.643. The quantitative estimate of drug-likeness (QED) is 0.239. The Labute approximate surface area is 191 Å². The van der Waals surface area contributed by atoms with Crippen LogP contribution in [0, 0.1) is 6.92 Å². The van der Waals surface area contributed by atoms with Crippen LogP contribution in [-0.2, 0) is 6.42 Å². The molecule has 8 heteroatoms. The van der Waals surface area contributed by atoms with Crippen molar-refractivity contribution in [2.75, 3.05) is 31.6 Å². The van der Waals surface area contributed by atoms with Crippen LogP contribution in [0.5, 0.6) is 0 Å². The number of hydrogen-bond acceptors (Lipinski definition) is 4. The van der Waals surface area contributed by atoms with E-state index in [1.165, 1.54) is 10.7 Å². The molecule has 1 aliphatic heterocycles. The van der Waals surface area contributed by atoms with Crippen molar-refractivity contribution in [3.63, 3.8) is 0 Å². The fraction of sp³-hybridized carbons (Fsp3) is 0.474. The maximum Gasteiger partial charge on any atom is 0.191 e. The van der Waals surface area contributed by atoms with Crippen LogP contribution >= 0.6 is 51.2 Å². The van der Waals surface area contributed by atoms with Gasteiger partial charge in [0.1, 0.15) is 0 Å². The van der Waals surface area contributed by atoms with E-state index >= 15 is 0 Å². The average Bonchev–Trinajstić information content (AvgIpc) is 3.27. The summed E-state index contributed by atoms with van der Waals surface area (Å²) in [4.78, 5) is 11.3. The molecular weight excluding hydrogens is 537 g/mol. The summed E-state index contributed by atoms with van der Waals surface area (Å²) >= 11 is 5.24. The van der Waals surface area contributed by atoms with Crippen molar-refractivity contribution in [3.05, 3.63) is 44.8 Å². The largest absolute Gasteiger partial charge is 0.369 e. The van der Waals surface area contributed by atoms with E-state index in [1.54, 1.807) is 11.3 Å². The number of hydrogen-bond donors (Lipinski definition) is 2. The molecule has 1 unspecified atom stereocenters. The molecule has 1 atom stereocenters. The first kappa shape index (κ1) is 22.4. The van der Waals surface area contributed by atoms with Crippen molar-refractivity contribution >= 4 is 62.9 Å². The molecule has 0 bridgehead atoms. The fourth-order valence-corrected chi connectivity index (χ4v) is 4.20. The van der Waals surface area contributed by atoms with Crippen LogP contribution in [0.3, 0.4) is 0 Å². The second-order valence-corrected chi connectivity index (χ2v) is 8.40. The van der Waals surface area contributed by atoms with Gasteiger partial charge in [0.25, 0.3) is 0 Å². The first-order valence-electron chi connectivity index (χ1n) is 9.03. The number of thiazole rings is 1. The van der Waals surface area contributed by atoms with Gasteiger partial charge in [-0.3, -0.25) is 4.99 Å². The minimum atomic E-state index is 0. The van der Waals surface area contributed by atoms with Gasteiger partial charge in [-0.25, -0.2) is 4.98 Å². The molecule has 2 N–H and O–H groups in total. The molecule has 1 fully saturated rings. The second-order valence-electron chi connectivity index (χ2n) is 6.54. The van der Waals surface area contributed by atoms with Gasteiger partial charge in [-0.05, 0) is 44.0 Å². The zero-order chi connectivity index (χ0) is 18.4. The van der Waals surface area contributed by atoms with Gasteiger partial charge in [-0.15, -0.1) is 35.3 Å². The molecule has 3 rings (SSSR count). The summed E-state index contributed by atoms with van der Waals surface area (Å²) < 4.78 is 1.12. The first-order chi connectivity index (χ1) is 12.6. The average molecular weight is 564 g/mol. The molecule has 1 saturated heterocycles. The van der Waals surface area contributed by atoms with E-state index in [1.807, 2.05) is 14.0 Å². The molecule has 2 heterocycles. The smallest absolute Gasteiger partial charge is 0.191 e. The Morgan fingerprint density at radius 2 is 2.15 bits per heavy atom. The van der Waals surface area contributed by atoms with Gasteiger partial charge in [0.05, 0.1) is 5.01 Å². The summed E-state index contributed by atoms with van der Waals surface area (Å²) in [5, 5.41) is 10.3. The van der Waals surface area contributed by atoms with Crippen LogP contribution in [0.25, 0.3) is 0 Å². The normalized spacial score (nSPS) is 16.9. The third kappa shape index (κ3) is 6.90. The number of benzene rings is 1. The van der Waals surface area contributed by atoms with E-state index in [4.69, 9.17) is 0 Å². The number of nitrogens with one attached hydrogen (secondary N) is 2. The number of nitrogens with zero attached hydrogens (tertiary/aromatic N) is 3. The van der Waals surface area contributed by atoms with Crippen LogP contribution in [0.15, 0.2) is 39.1 Å². The molecule has 0 radical (unpaired) electrons. The highest BCUT2D eigenvalue weighted by atomic mass is 127. The summed E-state index contributed by atoms with van der Waals surface area (Å²) in [7, 11) is 1.83. The number of rotatable bonds is 6. The standard InChI is InChI=1S/C19H26BrN5S.HI/c1-14-13-26-18(23-14)4-3-10-22-19(21-2)24-16-9-11-25(12-16)17-7-5-15(20)6-8-17;/h5-8,13,16H,3-4,9-12H2,1-2H3,(H2,21,22,24);1H. The minimum Gasteiger partial charge on any atom is -0.369 e. The Kier molecular flexibility index (Phi) is 9.31. The number of aryl methyl sites for hydroxylation is 2. The van der Waals surface area contributed by atoms with Gasteiger partial charge in [0.2, 0.25) is 0 Å².